The zero-order chi connectivity index (χ0) is 9.68. The molecule has 3 nitrogen and oxygen atoms in total. The number of phenols is 1. The minimum atomic E-state index is -0.472. The molecule has 0 radical (unpaired) electrons. The molecule has 14 heavy (non-hydrogen) atoms. The number of hydrogen-bond acceptors (Lipinski definition) is 3. The van der Waals surface area contributed by atoms with E-state index < -0.39 is 5.97 Å². The molecule has 1 N–H and O–H groups in total. The van der Waals surface area contributed by atoms with Gasteiger partial charge in [-0.2, -0.15) is 0 Å². The molecule has 1 aromatic rings. The number of carbonyl (C=O) groups is 1. The van der Waals surface area contributed by atoms with Gasteiger partial charge in [0.15, 0.2) is 0 Å². The van der Waals surface area contributed by atoms with Crippen LogP contribution in [-0.2, 0) is 4.74 Å². The van der Waals surface area contributed by atoms with E-state index in [1.165, 1.54) is 12.1 Å². The van der Waals surface area contributed by atoms with Crippen LogP contribution >= 0.6 is 0 Å². The molecule has 0 spiro atoms. The van der Waals surface area contributed by atoms with Crippen LogP contribution in [0.2, 0.25) is 0 Å². The molecule has 0 amide bonds. The number of esters is 1. The van der Waals surface area contributed by atoms with Crippen molar-refractivity contribution in [3.8, 4) is 5.75 Å². The fourth-order valence-electron chi connectivity index (χ4n) is 0.919. The van der Waals surface area contributed by atoms with E-state index in [9.17, 15) is 9.90 Å². The van der Waals surface area contributed by atoms with E-state index in [1.807, 2.05) is 6.92 Å². The van der Waals surface area contributed by atoms with Crippen LogP contribution < -0.4 is 51.4 Å². The van der Waals surface area contributed by atoms with Crippen molar-refractivity contribution in [3.63, 3.8) is 0 Å². The SMILES string of the molecule is CCCOC(=O)c1ccccc1O.[H-].[K+]. The van der Waals surface area contributed by atoms with E-state index in [2.05, 4.69) is 0 Å². The first-order valence-electron chi connectivity index (χ1n) is 4.20. The van der Waals surface area contributed by atoms with E-state index in [-0.39, 0.29) is 64.1 Å². The summed E-state index contributed by atoms with van der Waals surface area (Å²) in [4.78, 5) is 11.2. The van der Waals surface area contributed by atoms with Crippen molar-refractivity contribution in [2.24, 2.45) is 0 Å². The quantitative estimate of drug-likeness (QED) is 0.529. The Kier molecular flexibility index (Phi) is 7.49. The molecule has 1 rings (SSSR count). The summed E-state index contributed by atoms with van der Waals surface area (Å²) in [5, 5.41) is 9.28. The molecule has 72 valence electrons. The van der Waals surface area contributed by atoms with E-state index in [0.29, 0.717) is 6.61 Å². The summed E-state index contributed by atoms with van der Waals surface area (Å²) in [6, 6.07) is 6.34. The largest absolute Gasteiger partial charge is 1.00 e. The Hall–Kier alpha value is 0.126. The molecule has 0 unspecified atom stereocenters. The summed E-state index contributed by atoms with van der Waals surface area (Å²) >= 11 is 0. The molecule has 4 heteroatoms. The van der Waals surface area contributed by atoms with Crippen LogP contribution in [0, 0.1) is 0 Å². The van der Waals surface area contributed by atoms with Crippen LogP contribution in [0.4, 0.5) is 0 Å². The van der Waals surface area contributed by atoms with Crippen molar-refractivity contribution in [1.82, 2.24) is 0 Å². The molecule has 0 atom stereocenters. The third-order valence-electron chi connectivity index (χ3n) is 1.56. The van der Waals surface area contributed by atoms with Crippen LogP contribution in [0.1, 0.15) is 25.1 Å². The Morgan fingerprint density at radius 1 is 1.50 bits per heavy atom. The van der Waals surface area contributed by atoms with Gasteiger partial charge in [-0.3, -0.25) is 0 Å². The van der Waals surface area contributed by atoms with Gasteiger partial charge in [-0.25, -0.2) is 4.79 Å². The van der Waals surface area contributed by atoms with Crippen LogP contribution in [-0.4, -0.2) is 17.7 Å². The normalized spacial score (nSPS) is 8.93. The Labute approximate surface area is 127 Å². The Morgan fingerprint density at radius 2 is 2.14 bits per heavy atom. The second kappa shape index (κ2) is 7.42. The number of benzene rings is 1. The molecular weight excluding hydrogens is 207 g/mol. The molecule has 0 saturated carbocycles. The fourth-order valence-corrected chi connectivity index (χ4v) is 0.919. The molecule has 0 aliphatic heterocycles. The van der Waals surface area contributed by atoms with Gasteiger partial charge in [0.25, 0.3) is 0 Å². The zero-order valence-corrected chi connectivity index (χ0v) is 11.6. The average Bonchev–Trinajstić information content (AvgIpc) is 2.15. The van der Waals surface area contributed by atoms with Gasteiger partial charge in [0, 0.05) is 0 Å². The maximum absolute atomic E-state index is 11.2. The third-order valence-corrected chi connectivity index (χ3v) is 1.56. The first-order chi connectivity index (χ1) is 6.25. The van der Waals surface area contributed by atoms with Gasteiger partial charge in [-0.15, -0.1) is 0 Å². The molecule has 0 heterocycles. The summed E-state index contributed by atoms with van der Waals surface area (Å²) in [7, 11) is 0. The van der Waals surface area contributed by atoms with Gasteiger partial charge >= 0.3 is 57.4 Å². The van der Waals surface area contributed by atoms with Gasteiger partial charge in [0.05, 0.1) is 6.61 Å². The number of ether oxygens (including phenoxy) is 1. The second-order valence-corrected chi connectivity index (χ2v) is 2.65. The number of rotatable bonds is 3. The van der Waals surface area contributed by atoms with E-state index in [1.54, 1.807) is 12.1 Å². The molecule has 1 aromatic carbocycles. The van der Waals surface area contributed by atoms with Crippen molar-refractivity contribution in [1.29, 1.82) is 0 Å². The summed E-state index contributed by atoms with van der Waals surface area (Å²) in [5.41, 5.74) is 0.218. The van der Waals surface area contributed by atoms with Crippen LogP contribution in [0.3, 0.4) is 0 Å². The van der Waals surface area contributed by atoms with E-state index in [4.69, 9.17) is 4.74 Å². The molecule has 0 aliphatic rings. The molecule has 0 fully saturated rings. The van der Waals surface area contributed by atoms with Crippen LogP contribution in [0.5, 0.6) is 5.75 Å². The summed E-state index contributed by atoms with van der Waals surface area (Å²) < 4.78 is 4.86. The Morgan fingerprint density at radius 3 is 2.71 bits per heavy atom. The monoisotopic (exact) mass is 220 g/mol. The number of hydrogen-bond donors (Lipinski definition) is 1. The smallest absolute Gasteiger partial charge is 1.00 e. The first-order valence-corrected chi connectivity index (χ1v) is 4.20. The number of phenolic OH excluding ortho intramolecular Hbond substituents is 1. The van der Waals surface area contributed by atoms with Crippen molar-refractivity contribution in [3.05, 3.63) is 29.8 Å². The first kappa shape index (κ1) is 14.1. The zero-order valence-electron chi connectivity index (χ0n) is 9.49. The summed E-state index contributed by atoms with van der Waals surface area (Å²) in [6.07, 6.45) is 0.777. The topological polar surface area (TPSA) is 46.5 Å². The van der Waals surface area contributed by atoms with E-state index in [0.717, 1.165) is 6.42 Å². The van der Waals surface area contributed by atoms with Crippen LogP contribution in [0.15, 0.2) is 24.3 Å². The minimum absolute atomic E-state index is 0. The van der Waals surface area contributed by atoms with E-state index >= 15 is 0 Å². The van der Waals surface area contributed by atoms with Crippen LogP contribution in [0.25, 0.3) is 0 Å². The maximum Gasteiger partial charge on any atom is 1.00 e. The summed E-state index contributed by atoms with van der Waals surface area (Å²) in [5.74, 6) is -0.511. The third kappa shape index (κ3) is 4.10. The molecule has 0 bridgehead atoms. The number of para-hydroxylation sites is 1. The van der Waals surface area contributed by atoms with Gasteiger partial charge in [-0.1, -0.05) is 19.1 Å². The predicted octanol–water partition coefficient (Wildman–Crippen LogP) is -0.924. The standard InChI is InChI=1S/C10H12O3.K.H/c1-2-7-13-10(12)8-5-3-4-6-9(8)11;;/h3-6,11H,2,7H2,1H3;;/q;+1;-1. The fraction of sp³-hybridized carbons (Fsp3) is 0.300. The van der Waals surface area contributed by atoms with Gasteiger partial charge in [0.1, 0.15) is 11.3 Å². The van der Waals surface area contributed by atoms with Crippen molar-refractivity contribution >= 4 is 5.97 Å². The number of carbonyl (C=O) groups excluding carboxylic acids is 1. The molecule has 0 saturated heterocycles. The average molecular weight is 220 g/mol. The molecular formula is C10H13KO3. The van der Waals surface area contributed by atoms with Gasteiger partial charge in [-0.05, 0) is 18.6 Å². The van der Waals surface area contributed by atoms with Crippen molar-refractivity contribution in [2.45, 2.75) is 13.3 Å². The Bertz CT molecular complexity index is 304. The van der Waals surface area contributed by atoms with Crippen molar-refractivity contribution in [2.75, 3.05) is 6.61 Å². The van der Waals surface area contributed by atoms with Gasteiger partial charge < -0.3 is 11.3 Å². The number of aromatic hydroxyl groups is 1. The van der Waals surface area contributed by atoms with Gasteiger partial charge in [0.2, 0.25) is 0 Å². The molecule has 0 aromatic heterocycles. The maximum atomic E-state index is 11.2. The Balaban J connectivity index is 0. The molecule has 0 aliphatic carbocycles. The van der Waals surface area contributed by atoms with Crippen molar-refractivity contribution < 1.29 is 67.4 Å². The predicted molar refractivity (Wildman–Crippen MR) is 49.8 cm³/mol. The summed E-state index contributed by atoms with van der Waals surface area (Å²) in [6.45, 7) is 2.30. The second-order valence-electron chi connectivity index (χ2n) is 2.65. The minimum Gasteiger partial charge on any atom is -1.00 e.